The van der Waals surface area contributed by atoms with Gasteiger partial charge in [-0.2, -0.15) is 0 Å². The van der Waals surface area contributed by atoms with E-state index in [-0.39, 0.29) is 85.4 Å². The van der Waals surface area contributed by atoms with Crippen molar-refractivity contribution >= 4 is 45.5 Å². The average Bonchev–Trinajstić information content (AvgIpc) is 1.00. The molecule has 2 radical (unpaired) electrons. The molecule has 0 aliphatic rings. The van der Waals surface area contributed by atoms with Crippen molar-refractivity contribution in [1.82, 2.24) is 0 Å². The van der Waals surface area contributed by atoms with E-state index in [1.165, 1.54) is 0 Å². The second kappa shape index (κ2) is 16.5. The third-order valence-corrected chi connectivity index (χ3v) is 0. The van der Waals surface area contributed by atoms with Crippen molar-refractivity contribution in [2.45, 2.75) is 0 Å². The zero-order chi connectivity index (χ0) is 2.00. The Balaban J connectivity index is -0.00000000500. The van der Waals surface area contributed by atoms with Crippen molar-refractivity contribution in [1.29, 1.82) is 0 Å². The molecule has 0 bridgehead atoms. The molecule has 25 valence electrons. The summed E-state index contributed by atoms with van der Waals surface area (Å²) in [5.41, 5.74) is 0. The Hall–Kier alpha value is 3.11. The van der Waals surface area contributed by atoms with E-state index in [0.29, 0.717) is 0 Å². The molecule has 0 aliphatic heterocycles. The molecule has 0 aromatic heterocycles. The van der Waals surface area contributed by atoms with Crippen molar-refractivity contribution in [3.8, 4) is 0 Å². The molecular formula is CoGdOSr. The molecule has 0 fully saturated rings. The van der Waals surface area contributed by atoms with Crippen LogP contribution in [0.2, 0.25) is 0 Å². The maximum Gasteiger partial charge on any atom is 0 e. The Morgan fingerprint density at radius 2 is 1.25 bits per heavy atom. The first-order chi connectivity index (χ1) is 1.00. The van der Waals surface area contributed by atoms with Gasteiger partial charge in [0.1, 0.15) is 0 Å². The second-order valence-electron chi connectivity index (χ2n) is 0. The molecule has 0 spiro atoms. The quantitative estimate of drug-likeness (QED) is 0.550. The van der Waals surface area contributed by atoms with Gasteiger partial charge in [0.2, 0.25) is 0 Å². The third kappa shape index (κ3) is 8.93. The largest absolute Gasteiger partial charge is 0 e. The summed E-state index contributed by atoms with van der Waals surface area (Å²) in [5.74, 6) is 0. The van der Waals surface area contributed by atoms with E-state index in [1.807, 2.05) is 0 Å². The van der Waals surface area contributed by atoms with Gasteiger partial charge in [-0.3, -0.25) is 0 Å². The van der Waals surface area contributed by atoms with Crippen molar-refractivity contribution in [2.24, 2.45) is 0 Å². The molecule has 0 unspecified atom stereocenters. The zero-order valence-electron chi connectivity index (χ0n) is 1.80. The normalized spacial score (nSPS) is 1.25. The maximum absolute atomic E-state index is 7.94. The fraction of sp³-hybridized carbons (Fsp3) is 0. The first kappa shape index (κ1) is 15.7. The molecule has 0 N–H and O–H groups in total. The van der Waals surface area contributed by atoms with Crippen LogP contribution in [0.4, 0.5) is 0 Å². The molecule has 0 rings (SSSR count). The van der Waals surface area contributed by atoms with Gasteiger partial charge in [-0.05, 0) is 0 Å². The molecule has 0 aromatic carbocycles. The Bertz CT molecular complexity index is 8.00. The van der Waals surface area contributed by atoms with Crippen molar-refractivity contribution < 1.29 is 59.5 Å². The summed E-state index contributed by atoms with van der Waals surface area (Å²) >= 11 is 2.31. The first-order valence-corrected chi connectivity index (χ1v) is 0.561. The average molecular weight is 320 g/mol. The Morgan fingerprint density at radius 1 is 1.25 bits per heavy atom. The van der Waals surface area contributed by atoms with Gasteiger partial charge in [0.25, 0.3) is 0 Å². The minimum absolute atomic E-state index is 0. The van der Waals surface area contributed by atoms with Gasteiger partial charge >= 0.3 is 19.5 Å². The molecule has 4 heavy (non-hydrogen) atoms. The van der Waals surface area contributed by atoms with E-state index in [2.05, 4.69) is 15.7 Å². The molecule has 0 amide bonds. The summed E-state index contributed by atoms with van der Waals surface area (Å²) in [7, 11) is 0. The molecule has 4 heteroatoms. The predicted octanol–water partition coefficient (Wildman–Crippen LogP) is -0.502. The SMILES string of the molecule is [Gd].[O]=[Co].[Sr]. The van der Waals surface area contributed by atoms with Crippen molar-refractivity contribution in [3.63, 3.8) is 0 Å². The van der Waals surface area contributed by atoms with E-state index >= 15 is 0 Å². The molecular weight excluding hydrogens is 320 g/mol. The molecule has 0 atom stereocenters. The van der Waals surface area contributed by atoms with Crippen LogP contribution in [0.25, 0.3) is 0 Å². The van der Waals surface area contributed by atoms with Gasteiger partial charge in [0.15, 0.2) is 0 Å². The van der Waals surface area contributed by atoms with Gasteiger partial charge in [-0.25, -0.2) is 0 Å². The Labute approximate surface area is 102 Å². The van der Waals surface area contributed by atoms with Crippen LogP contribution in [0.3, 0.4) is 0 Å². The van der Waals surface area contributed by atoms with Gasteiger partial charge in [-0.1, -0.05) is 0 Å². The van der Waals surface area contributed by atoms with Crippen LogP contribution in [-0.4, -0.2) is 45.5 Å². The van der Waals surface area contributed by atoms with Crippen LogP contribution in [0.5, 0.6) is 0 Å². The number of hydrogen-bond donors (Lipinski definition) is 0. The summed E-state index contributed by atoms with van der Waals surface area (Å²) in [6, 6.07) is 0. The molecule has 0 heterocycles. The Morgan fingerprint density at radius 3 is 1.25 bits per heavy atom. The maximum atomic E-state index is 7.94. The topological polar surface area (TPSA) is 17.1 Å². The molecule has 1 nitrogen and oxygen atoms in total. The van der Waals surface area contributed by atoms with E-state index in [4.69, 9.17) is 3.87 Å². The molecule has 0 saturated heterocycles. The predicted molar refractivity (Wildman–Crippen MR) is 6.44 cm³/mol. The molecule has 0 saturated carbocycles. The van der Waals surface area contributed by atoms with Gasteiger partial charge < -0.3 is 0 Å². The van der Waals surface area contributed by atoms with E-state index in [0.717, 1.165) is 0 Å². The number of hydrogen-bond acceptors (Lipinski definition) is 1. The zero-order valence-corrected chi connectivity index (χ0v) is 8.59. The van der Waals surface area contributed by atoms with Crippen LogP contribution in [-0.2, 0) is 19.5 Å². The van der Waals surface area contributed by atoms with E-state index < -0.39 is 0 Å². The smallest absolute Gasteiger partial charge is 0 e. The standard InChI is InChI=1S/Co.Gd.O.Sr. The Kier molecular flexibility index (Phi) is 64.8. The number of rotatable bonds is 0. The summed E-state index contributed by atoms with van der Waals surface area (Å²) in [6.07, 6.45) is 0. The summed E-state index contributed by atoms with van der Waals surface area (Å²) in [4.78, 5) is 0. The van der Waals surface area contributed by atoms with Crippen molar-refractivity contribution in [3.05, 3.63) is 0 Å². The minimum atomic E-state index is 0. The molecule has 0 aliphatic carbocycles. The summed E-state index contributed by atoms with van der Waals surface area (Å²) < 4.78 is 7.94. The van der Waals surface area contributed by atoms with Crippen LogP contribution in [0.15, 0.2) is 0 Å². The monoisotopic (exact) mass is 321 g/mol. The van der Waals surface area contributed by atoms with Gasteiger partial charge in [0.05, 0.1) is 0 Å². The van der Waals surface area contributed by atoms with Crippen LogP contribution in [0.1, 0.15) is 0 Å². The van der Waals surface area contributed by atoms with E-state index in [1.54, 1.807) is 0 Å². The van der Waals surface area contributed by atoms with Crippen LogP contribution >= 0.6 is 0 Å². The fourth-order valence-electron chi connectivity index (χ4n) is 0. The third-order valence-electron chi connectivity index (χ3n) is 0. The fourth-order valence-corrected chi connectivity index (χ4v) is 0. The summed E-state index contributed by atoms with van der Waals surface area (Å²) in [5, 5.41) is 0. The van der Waals surface area contributed by atoms with E-state index in [9.17, 15) is 0 Å². The van der Waals surface area contributed by atoms with Crippen LogP contribution in [0, 0.1) is 39.9 Å². The van der Waals surface area contributed by atoms with Crippen molar-refractivity contribution in [2.75, 3.05) is 0 Å². The second-order valence-corrected chi connectivity index (χ2v) is 0. The van der Waals surface area contributed by atoms with Gasteiger partial charge in [0, 0.05) is 85.4 Å². The molecule has 0 aromatic rings. The summed E-state index contributed by atoms with van der Waals surface area (Å²) in [6.45, 7) is 0. The first-order valence-electron chi connectivity index (χ1n) is 0.136. The van der Waals surface area contributed by atoms with Crippen LogP contribution < -0.4 is 0 Å². The van der Waals surface area contributed by atoms with Gasteiger partial charge in [-0.15, -0.1) is 0 Å². The minimum Gasteiger partial charge on any atom is 0 e.